The topological polar surface area (TPSA) is 81.9 Å². The second kappa shape index (κ2) is 8.41. The van der Waals surface area contributed by atoms with E-state index >= 15 is 0 Å². The van der Waals surface area contributed by atoms with E-state index in [1.807, 2.05) is 12.1 Å². The van der Waals surface area contributed by atoms with E-state index in [-0.39, 0.29) is 24.3 Å². The summed E-state index contributed by atoms with van der Waals surface area (Å²) in [5, 5.41) is 0. The molecule has 0 unspecified atom stereocenters. The molecule has 0 bridgehead atoms. The molecule has 126 valence electrons. The Labute approximate surface area is 136 Å². The van der Waals surface area contributed by atoms with Crippen LogP contribution in [-0.2, 0) is 9.59 Å². The SMILES string of the molecule is CCCOc1ccc(OCC(=O)N2CCC(C(N)=O)CC2)cc1. The van der Waals surface area contributed by atoms with Gasteiger partial charge in [0.2, 0.25) is 5.91 Å². The molecule has 1 aromatic rings. The highest BCUT2D eigenvalue weighted by Gasteiger charge is 2.25. The molecule has 1 aliphatic rings. The molecule has 1 aliphatic heterocycles. The standard InChI is InChI=1S/C17H24N2O4/c1-2-11-22-14-3-5-15(6-4-14)23-12-16(20)19-9-7-13(8-10-19)17(18)21/h3-6,13H,2,7-12H2,1H3,(H2,18,21). The van der Waals surface area contributed by atoms with Crippen molar-refractivity contribution in [3.05, 3.63) is 24.3 Å². The lowest BCUT2D eigenvalue weighted by molar-refractivity contribution is -0.136. The molecule has 23 heavy (non-hydrogen) atoms. The molecule has 6 heteroatoms. The number of nitrogens with two attached hydrogens (primary N) is 1. The number of hydrogen-bond donors (Lipinski definition) is 1. The third-order valence-corrected chi connectivity index (χ3v) is 3.91. The lowest BCUT2D eigenvalue weighted by Crippen LogP contribution is -2.43. The third-order valence-electron chi connectivity index (χ3n) is 3.91. The van der Waals surface area contributed by atoms with Crippen molar-refractivity contribution in [1.29, 1.82) is 0 Å². The molecule has 1 heterocycles. The Bertz CT molecular complexity index is 522. The first-order chi connectivity index (χ1) is 11.1. The minimum atomic E-state index is -0.279. The molecular formula is C17H24N2O4. The molecule has 0 aliphatic carbocycles. The van der Waals surface area contributed by atoms with Crippen molar-refractivity contribution in [2.24, 2.45) is 11.7 Å². The number of carbonyl (C=O) groups excluding carboxylic acids is 2. The van der Waals surface area contributed by atoms with Gasteiger partial charge in [-0.2, -0.15) is 0 Å². The van der Waals surface area contributed by atoms with E-state index in [1.54, 1.807) is 17.0 Å². The maximum atomic E-state index is 12.1. The van der Waals surface area contributed by atoms with Gasteiger partial charge in [0, 0.05) is 19.0 Å². The van der Waals surface area contributed by atoms with Gasteiger partial charge in [0.25, 0.3) is 5.91 Å². The summed E-state index contributed by atoms with van der Waals surface area (Å²) >= 11 is 0. The number of carbonyl (C=O) groups is 2. The van der Waals surface area contributed by atoms with Crippen LogP contribution in [0.1, 0.15) is 26.2 Å². The Morgan fingerprint density at radius 1 is 1.13 bits per heavy atom. The number of piperidine rings is 1. The van der Waals surface area contributed by atoms with Crippen molar-refractivity contribution < 1.29 is 19.1 Å². The zero-order valence-corrected chi connectivity index (χ0v) is 13.5. The Hall–Kier alpha value is -2.24. The van der Waals surface area contributed by atoms with E-state index in [2.05, 4.69) is 6.92 Å². The van der Waals surface area contributed by atoms with Crippen LogP contribution in [-0.4, -0.2) is 43.0 Å². The summed E-state index contributed by atoms with van der Waals surface area (Å²) in [4.78, 5) is 25.0. The molecule has 0 radical (unpaired) electrons. The summed E-state index contributed by atoms with van der Waals surface area (Å²) in [5.74, 6) is 0.960. The largest absolute Gasteiger partial charge is 0.494 e. The summed E-state index contributed by atoms with van der Waals surface area (Å²) in [5.41, 5.74) is 5.29. The fraction of sp³-hybridized carbons (Fsp3) is 0.529. The summed E-state index contributed by atoms with van der Waals surface area (Å²) in [6, 6.07) is 7.23. The van der Waals surface area contributed by atoms with Crippen molar-refractivity contribution in [2.45, 2.75) is 26.2 Å². The van der Waals surface area contributed by atoms with Gasteiger partial charge in [-0.15, -0.1) is 0 Å². The molecule has 2 amide bonds. The smallest absolute Gasteiger partial charge is 0.260 e. The lowest BCUT2D eigenvalue weighted by atomic mass is 9.96. The molecule has 2 N–H and O–H groups in total. The van der Waals surface area contributed by atoms with E-state index in [1.165, 1.54) is 0 Å². The third kappa shape index (κ3) is 5.16. The van der Waals surface area contributed by atoms with Crippen LogP contribution in [0.15, 0.2) is 24.3 Å². The maximum absolute atomic E-state index is 12.1. The number of primary amides is 1. The van der Waals surface area contributed by atoms with Crippen LogP contribution in [0.2, 0.25) is 0 Å². The normalized spacial score (nSPS) is 15.3. The van der Waals surface area contributed by atoms with E-state index in [0.717, 1.165) is 12.2 Å². The van der Waals surface area contributed by atoms with Crippen LogP contribution in [0.4, 0.5) is 0 Å². The van der Waals surface area contributed by atoms with Crippen LogP contribution in [0.5, 0.6) is 11.5 Å². The van der Waals surface area contributed by atoms with E-state index in [4.69, 9.17) is 15.2 Å². The van der Waals surface area contributed by atoms with Gasteiger partial charge >= 0.3 is 0 Å². The molecular weight excluding hydrogens is 296 g/mol. The average Bonchev–Trinajstić information content (AvgIpc) is 2.58. The monoisotopic (exact) mass is 320 g/mol. The van der Waals surface area contributed by atoms with Gasteiger partial charge in [-0.25, -0.2) is 0 Å². The second-order valence-electron chi connectivity index (χ2n) is 5.67. The minimum Gasteiger partial charge on any atom is -0.494 e. The zero-order chi connectivity index (χ0) is 16.7. The first kappa shape index (κ1) is 17.1. The minimum absolute atomic E-state index is 0.00357. The number of rotatable bonds is 7. The van der Waals surface area contributed by atoms with E-state index in [0.29, 0.717) is 38.3 Å². The van der Waals surface area contributed by atoms with E-state index in [9.17, 15) is 9.59 Å². The van der Waals surface area contributed by atoms with Gasteiger partial charge in [0.1, 0.15) is 11.5 Å². The highest BCUT2D eigenvalue weighted by Crippen LogP contribution is 2.19. The molecule has 0 aromatic heterocycles. The van der Waals surface area contributed by atoms with Gasteiger partial charge in [0.05, 0.1) is 6.61 Å². The van der Waals surface area contributed by atoms with Crippen molar-refractivity contribution in [1.82, 2.24) is 4.90 Å². The first-order valence-corrected chi connectivity index (χ1v) is 8.03. The molecule has 1 aromatic carbocycles. The Balaban J connectivity index is 1.75. The highest BCUT2D eigenvalue weighted by molar-refractivity contribution is 5.79. The fourth-order valence-corrected chi connectivity index (χ4v) is 2.50. The lowest BCUT2D eigenvalue weighted by Gasteiger charge is -2.30. The quantitative estimate of drug-likeness (QED) is 0.827. The molecule has 0 spiro atoms. The van der Waals surface area contributed by atoms with Crippen molar-refractivity contribution in [3.8, 4) is 11.5 Å². The molecule has 1 saturated heterocycles. The number of likely N-dealkylation sites (tertiary alicyclic amines) is 1. The Morgan fingerprint density at radius 3 is 2.22 bits per heavy atom. The number of nitrogens with zero attached hydrogens (tertiary/aromatic N) is 1. The highest BCUT2D eigenvalue weighted by atomic mass is 16.5. The Kier molecular flexibility index (Phi) is 6.26. The summed E-state index contributed by atoms with van der Waals surface area (Å²) in [7, 11) is 0. The first-order valence-electron chi connectivity index (χ1n) is 8.03. The summed E-state index contributed by atoms with van der Waals surface area (Å²) in [6.07, 6.45) is 2.22. The molecule has 2 rings (SSSR count). The maximum Gasteiger partial charge on any atom is 0.260 e. The predicted octanol–water partition coefficient (Wildman–Crippen LogP) is 1.58. The van der Waals surface area contributed by atoms with Crippen LogP contribution in [0, 0.1) is 5.92 Å². The van der Waals surface area contributed by atoms with Gasteiger partial charge in [-0.3, -0.25) is 9.59 Å². The van der Waals surface area contributed by atoms with Gasteiger partial charge in [-0.05, 0) is 43.5 Å². The van der Waals surface area contributed by atoms with Gasteiger partial charge in [-0.1, -0.05) is 6.92 Å². The summed E-state index contributed by atoms with van der Waals surface area (Å²) < 4.78 is 11.0. The van der Waals surface area contributed by atoms with Gasteiger partial charge in [0.15, 0.2) is 6.61 Å². The molecule has 1 fully saturated rings. The molecule has 0 saturated carbocycles. The summed E-state index contributed by atoms with van der Waals surface area (Å²) in [6.45, 7) is 3.84. The zero-order valence-electron chi connectivity index (χ0n) is 13.5. The van der Waals surface area contributed by atoms with Crippen LogP contribution >= 0.6 is 0 Å². The van der Waals surface area contributed by atoms with Crippen molar-refractivity contribution in [3.63, 3.8) is 0 Å². The van der Waals surface area contributed by atoms with Crippen molar-refractivity contribution >= 4 is 11.8 Å². The Morgan fingerprint density at radius 2 is 1.70 bits per heavy atom. The molecule has 6 nitrogen and oxygen atoms in total. The molecule has 0 atom stereocenters. The van der Waals surface area contributed by atoms with Crippen LogP contribution in [0.25, 0.3) is 0 Å². The average molecular weight is 320 g/mol. The van der Waals surface area contributed by atoms with Crippen LogP contribution < -0.4 is 15.2 Å². The number of ether oxygens (including phenoxy) is 2. The number of hydrogen-bond acceptors (Lipinski definition) is 4. The van der Waals surface area contributed by atoms with Crippen LogP contribution in [0.3, 0.4) is 0 Å². The second-order valence-corrected chi connectivity index (χ2v) is 5.67. The van der Waals surface area contributed by atoms with Crippen molar-refractivity contribution in [2.75, 3.05) is 26.3 Å². The number of benzene rings is 1. The van der Waals surface area contributed by atoms with E-state index < -0.39 is 0 Å². The fourth-order valence-electron chi connectivity index (χ4n) is 2.50. The number of amides is 2. The predicted molar refractivity (Wildman–Crippen MR) is 86.2 cm³/mol. The van der Waals surface area contributed by atoms with Gasteiger partial charge < -0.3 is 20.1 Å².